The third-order valence-corrected chi connectivity index (χ3v) is 4.61. The lowest BCUT2D eigenvalue weighted by molar-refractivity contribution is -0.142. The Bertz CT molecular complexity index is 476. The first-order valence-corrected chi connectivity index (χ1v) is 7.31. The van der Waals surface area contributed by atoms with Crippen molar-refractivity contribution in [3.05, 3.63) is 34.4 Å². The summed E-state index contributed by atoms with van der Waals surface area (Å²) in [5, 5.41) is 9.51. The molecule has 1 aliphatic carbocycles. The van der Waals surface area contributed by atoms with Crippen molar-refractivity contribution in [3.8, 4) is 0 Å². The number of carboxylic acids is 1. The molecule has 104 valence electrons. The number of hydrogen-bond donors (Lipinski definition) is 1. The molecule has 0 saturated heterocycles. The zero-order valence-electron chi connectivity index (χ0n) is 12.2. The Hall–Kier alpha value is -1.31. The van der Waals surface area contributed by atoms with E-state index in [0.29, 0.717) is 0 Å². The second-order valence-corrected chi connectivity index (χ2v) is 5.98. The van der Waals surface area contributed by atoms with Crippen LogP contribution in [-0.4, -0.2) is 11.1 Å². The van der Waals surface area contributed by atoms with Crippen LogP contribution in [0.1, 0.15) is 60.3 Å². The first kappa shape index (κ1) is 14.1. The molecule has 0 aromatic heterocycles. The third-order valence-electron chi connectivity index (χ3n) is 4.61. The van der Waals surface area contributed by atoms with Gasteiger partial charge in [0, 0.05) is 0 Å². The summed E-state index contributed by atoms with van der Waals surface area (Å²) in [6, 6.07) is 4.42. The minimum absolute atomic E-state index is 0.194. The summed E-state index contributed by atoms with van der Waals surface area (Å²) in [7, 11) is 0. The molecule has 1 aromatic rings. The topological polar surface area (TPSA) is 37.3 Å². The molecule has 1 fully saturated rings. The molecule has 0 amide bonds. The van der Waals surface area contributed by atoms with Crippen LogP contribution in [0.15, 0.2) is 12.1 Å². The number of aliphatic carboxylic acids is 1. The lowest BCUT2D eigenvalue weighted by Crippen LogP contribution is -2.22. The molecule has 0 aliphatic heterocycles. The van der Waals surface area contributed by atoms with Gasteiger partial charge in [0.05, 0.1) is 5.92 Å². The molecule has 2 nitrogen and oxygen atoms in total. The summed E-state index contributed by atoms with van der Waals surface area (Å²) < 4.78 is 0. The summed E-state index contributed by atoms with van der Waals surface area (Å²) in [5.41, 5.74) is 5.08. The fraction of sp³-hybridized carbons (Fsp3) is 0.588. The largest absolute Gasteiger partial charge is 0.481 e. The lowest BCUT2D eigenvalue weighted by Gasteiger charge is -2.24. The SMILES string of the molecule is Cc1cc(C)c(C2CCCCCC2C(=O)O)cc1C. The normalized spacial score (nSPS) is 23.9. The molecule has 1 saturated carbocycles. The van der Waals surface area contributed by atoms with Crippen molar-refractivity contribution < 1.29 is 9.90 Å². The van der Waals surface area contributed by atoms with Gasteiger partial charge < -0.3 is 5.11 Å². The number of carboxylic acid groups (broad SMARTS) is 1. The highest BCUT2D eigenvalue weighted by atomic mass is 16.4. The van der Waals surface area contributed by atoms with E-state index in [1.165, 1.54) is 28.7 Å². The van der Waals surface area contributed by atoms with Crippen molar-refractivity contribution in [1.29, 1.82) is 0 Å². The van der Waals surface area contributed by atoms with Crippen molar-refractivity contribution in [2.24, 2.45) is 5.92 Å². The molecule has 0 bridgehead atoms. The third kappa shape index (κ3) is 2.99. The maximum Gasteiger partial charge on any atom is 0.307 e. The fourth-order valence-electron chi connectivity index (χ4n) is 3.36. The van der Waals surface area contributed by atoms with Crippen LogP contribution in [0.3, 0.4) is 0 Å². The van der Waals surface area contributed by atoms with E-state index in [1.54, 1.807) is 0 Å². The van der Waals surface area contributed by atoms with Gasteiger partial charge in [-0.2, -0.15) is 0 Å². The Kier molecular flexibility index (Phi) is 4.28. The Labute approximate surface area is 115 Å². The predicted octanol–water partition coefficient (Wildman–Crippen LogP) is 4.36. The lowest BCUT2D eigenvalue weighted by atomic mass is 9.79. The van der Waals surface area contributed by atoms with E-state index >= 15 is 0 Å². The van der Waals surface area contributed by atoms with Gasteiger partial charge in [-0.25, -0.2) is 0 Å². The second kappa shape index (κ2) is 5.77. The summed E-state index contributed by atoms with van der Waals surface area (Å²) in [6.07, 6.45) is 5.22. The summed E-state index contributed by atoms with van der Waals surface area (Å²) in [5.74, 6) is -0.632. The van der Waals surface area contributed by atoms with Crippen molar-refractivity contribution in [3.63, 3.8) is 0 Å². The van der Waals surface area contributed by atoms with E-state index < -0.39 is 5.97 Å². The zero-order valence-corrected chi connectivity index (χ0v) is 12.2. The molecule has 2 heteroatoms. The van der Waals surface area contributed by atoms with Crippen LogP contribution in [0.4, 0.5) is 0 Å². The van der Waals surface area contributed by atoms with Crippen LogP contribution in [0.2, 0.25) is 0 Å². The monoisotopic (exact) mass is 260 g/mol. The quantitative estimate of drug-likeness (QED) is 0.802. The standard InChI is InChI=1S/C17H24O2/c1-11-9-13(3)16(10-12(11)2)14-7-5-4-6-8-15(14)17(18)19/h9-10,14-15H,4-8H2,1-3H3,(H,18,19). The van der Waals surface area contributed by atoms with E-state index in [0.717, 1.165) is 25.7 Å². The van der Waals surface area contributed by atoms with Crippen LogP contribution in [-0.2, 0) is 4.79 Å². The van der Waals surface area contributed by atoms with Gasteiger partial charge >= 0.3 is 5.97 Å². The van der Waals surface area contributed by atoms with E-state index in [1.807, 2.05) is 0 Å². The maximum absolute atomic E-state index is 11.6. The fourth-order valence-corrected chi connectivity index (χ4v) is 3.36. The first-order chi connectivity index (χ1) is 9.00. The first-order valence-electron chi connectivity index (χ1n) is 7.31. The molecule has 1 N–H and O–H groups in total. The molecule has 2 unspecified atom stereocenters. The molecule has 1 aliphatic rings. The van der Waals surface area contributed by atoms with E-state index in [4.69, 9.17) is 0 Å². The van der Waals surface area contributed by atoms with Crippen LogP contribution >= 0.6 is 0 Å². The number of hydrogen-bond acceptors (Lipinski definition) is 1. The molecule has 0 spiro atoms. The smallest absolute Gasteiger partial charge is 0.307 e. The van der Waals surface area contributed by atoms with Gasteiger partial charge in [-0.15, -0.1) is 0 Å². The van der Waals surface area contributed by atoms with Crippen LogP contribution < -0.4 is 0 Å². The van der Waals surface area contributed by atoms with Gasteiger partial charge in [-0.3, -0.25) is 4.79 Å². The molecule has 19 heavy (non-hydrogen) atoms. The molecule has 0 radical (unpaired) electrons. The number of benzene rings is 1. The molecule has 0 heterocycles. The van der Waals surface area contributed by atoms with Crippen molar-refractivity contribution in [2.45, 2.75) is 58.8 Å². The predicted molar refractivity (Wildman–Crippen MR) is 77.6 cm³/mol. The van der Waals surface area contributed by atoms with E-state index in [2.05, 4.69) is 32.9 Å². The molecule has 2 atom stereocenters. The van der Waals surface area contributed by atoms with Crippen LogP contribution in [0, 0.1) is 26.7 Å². The van der Waals surface area contributed by atoms with Gasteiger partial charge in [0.2, 0.25) is 0 Å². The highest BCUT2D eigenvalue weighted by Gasteiger charge is 2.31. The van der Waals surface area contributed by atoms with Gasteiger partial charge in [0.25, 0.3) is 0 Å². The second-order valence-electron chi connectivity index (χ2n) is 5.98. The Morgan fingerprint density at radius 1 is 1.00 bits per heavy atom. The minimum atomic E-state index is -0.621. The Balaban J connectivity index is 2.41. The van der Waals surface area contributed by atoms with Crippen LogP contribution in [0.25, 0.3) is 0 Å². The number of carbonyl (C=O) groups is 1. The highest BCUT2D eigenvalue weighted by Crippen LogP contribution is 2.38. The van der Waals surface area contributed by atoms with Gasteiger partial charge in [-0.05, 0) is 61.8 Å². The molecular weight excluding hydrogens is 236 g/mol. The van der Waals surface area contributed by atoms with Crippen molar-refractivity contribution in [2.75, 3.05) is 0 Å². The molecule has 2 rings (SSSR count). The van der Waals surface area contributed by atoms with Gasteiger partial charge in [0.15, 0.2) is 0 Å². The minimum Gasteiger partial charge on any atom is -0.481 e. The molecular formula is C17H24O2. The van der Waals surface area contributed by atoms with Crippen LogP contribution in [0.5, 0.6) is 0 Å². The maximum atomic E-state index is 11.6. The highest BCUT2D eigenvalue weighted by molar-refractivity contribution is 5.71. The van der Waals surface area contributed by atoms with E-state index in [9.17, 15) is 9.90 Å². The number of aryl methyl sites for hydroxylation is 3. The zero-order chi connectivity index (χ0) is 14.0. The molecule has 1 aromatic carbocycles. The van der Waals surface area contributed by atoms with E-state index in [-0.39, 0.29) is 11.8 Å². The number of rotatable bonds is 2. The van der Waals surface area contributed by atoms with Gasteiger partial charge in [-0.1, -0.05) is 31.4 Å². The van der Waals surface area contributed by atoms with Crippen molar-refractivity contribution >= 4 is 5.97 Å². The van der Waals surface area contributed by atoms with Gasteiger partial charge in [0.1, 0.15) is 0 Å². The average Bonchev–Trinajstić information content (AvgIpc) is 2.59. The summed E-state index contributed by atoms with van der Waals surface area (Å²) in [4.78, 5) is 11.6. The average molecular weight is 260 g/mol. The van der Waals surface area contributed by atoms with Crippen molar-refractivity contribution in [1.82, 2.24) is 0 Å². The Morgan fingerprint density at radius 2 is 1.63 bits per heavy atom. The summed E-state index contributed by atoms with van der Waals surface area (Å²) in [6.45, 7) is 6.35. The summed E-state index contributed by atoms with van der Waals surface area (Å²) >= 11 is 0. The Morgan fingerprint density at radius 3 is 2.32 bits per heavy atom.